The third kappa shape index (κ3) is 9.00. The third-order valence-electron chi connectivity index (χ3n) is 7.91. The predicted octanol–water partition coefficient (Wildman–Crippen LogP) is 6.76. The number of halogens is 2. The molecule has 4 aromatic rings. The molecule has 0 heterocycles. The quantitative estimate of drug-likeness (QED) is 0.146. The average molecular weight is 713 g/mol. The van der Waals surface area contributed by atoms with Gasteiger partial charge in [-0.1, -0.05) is 78.7 Å². The third-order valence-corrected chi connectivity index (χ3v) is 10.3. The first kappa shape index (κ1) is 36.6. The monoisotopic (exact) mass is 711 g/mol. The molecule has 0 aromatic heterocycles. The molecule has 254 valence electrons. The molecule has 0 aliphatic rings. The summed E-state index contributed by atoms with van der Waals surface area (Å²) in [4.78, 5) is 30.0. The number of nitrogens with one attached hydrogen (secondary N) is 1. The van der Waals surface area contributed by atoms with Crippen LogP contribution in [-0.4, -0.2) is 58.0 Å². The zero-order valence-electron chi connectivity index (χ0n) is 27.2. The average Bonchev–Trinajstić information content (AvgIpc) is 3.09. The lowest BCUT2D eigenvalue weighted by Gasteiger charge is -2.34. The number of hydrogen-bond donors (Lipinski definition) is 1. The van der Waals surface area contributed by atoms with Gasteiger partial charge in [-0.05, 0) is 73.0 Å². The molecule has 4 aromatic carbocycles. The minimum atomic E-state index is -4.35. The Morgan fingerprint density at radius 2 is 1.54 bits per heavy atom. The highest BCUT2D eigenvalue weighted by Crippen LogP contribution is 2.33. The summed E-state index contributed by atoms with van der Waals surface area (Å²) in [6, 6.07) is 25.4. The zero-order valence-corrected chi connectivity index (χ0v) is 29.6. The van der Waals surface area contributed by atoms with Gasteiger partial charge in [-0.3, -0.25) is 13.9 Å². The van der Waals surface area contributed by atoms with Crippen LogP contribution in [0.4, 0.5) is 5.69 Å². The Labute approximate surface area is 292 Å². The van der Waals surface area contributed by atoms with Crippen molar-refractivity contribution in [2.75, 3.05) is 25.1 Å². The van der Waals surface area contributed by atoms with Crippen molar-refractivity contribution in [3.8, 4) is 11.5 Å². The summed E-state index contributed by atoms with van der Waals surface area (Å²) in [5, 5.41) is 3.72. The normalized spacial score (nSPS) is 12.5. The van der Waals surface area contributed by atoms with Gasteiger partial charge in [-0.15, -0.1) is 0 Å². The highest BCUT2D eigenvalue weighted by atomic mass is 35.5. The minimum Gasteiger partial charge on any atom is -0.497 e. The van der Waals surface area contributed by atoms with Gasteiger partial charge >= 0.3 is 0 Å². The van der Waals surface area contributed by atoms with Gasteiger partial charge in [0.25, 0.3) is 10.0 Å². The maximum Gasteiger partial charge on any atom is 0.264 e. The predicted molar refractivity (Wildman–Crippen MR) is 189 cm³/mol. The van der Waals surface area contributed by atoms with Crippen molar-refractivity contribution < 1.29 is 27.5 Å². The van der Waals surface area contributed by atoms with Crippen LogP contribution in [0.5, 0.6) is 11.5 Å². The van der Waals surface area contributed by atoms with Gasteiger partial charge in [-0.2, -0.15) is 0 Å². The lowest BCUT2D eigenvalue weighted by atomic mass is 10.0. The molecular weight excluding hydrogens is 673 g/mol. The molecule has 0 bridgehead atoms. The van der Waals surface area contributed by atoms with Gasteiger partial charge in [-0.25, -0.2) is 8.42 Å². The second kappa shape index (κ2) is 16.7. The van der Waals surface area contributed by atoms with Crippen molar-refractivity contribution in [2.24, 2.45) is 0 Å². The molecular formula is C36H39Cl2N3O6S. The molecule has 48 heavy (non-hydrogen) atoms. The maximum atomic E-state index is 14.7. The van der Waals surface area contributed by atoms with E-state index in [0.717, 1.165) is 9.87 Å². The first-order valence-corrected chi connectivity index (χ1v) is 17.6. The molecule has 0 saturated carbocycles. The fourth-order valence-corrected chi connectivity index (χ4v) is 6.95. The smallest absolute Gasteiger partial charge is 0.264 e. The molecule has 0 spiro atoms. The van der Waals surface area contributed by atoms with Crippen LogP contribution in [0.1, 0.15) is 31.4 Å². The molecule has 9 nitrogen and oxygen atoms in total. The molecule has 0 saturated heterocycles. The Bertz CT molecular complexity index is 1810. The summed E-state index contributed by atoms with van der Waals surface area (Å²) in [6.45, 7) is 3.08. The topological polar surface area (TPSA) is 105 Å². The van der Waals surface area contributed by atoms with Gasteiger partial charge in [0.05, 0.1) is 24.8 Å². The van der Waals surface area contributed by atoms with Crippen LogP contribution >= 0.6 is 23.2 Å². The number of anilines is 1. The molecule has 0 aliphatic carbocycles. The molecule has 4 rings (SSSR count). The van der Waals surface area contributed by atoms with Gasteiger partial charge in [0, 0.05) is 29.1 Å². The number of amides is 2. The second-order valence-corrected chi connectivity index (χ2v) is 13.8. The van der Waals surface area contributed by atoms with Gasteiger partial charge in [0.1, 0.15) is 24.1 Å². The SMILES string of the molecule is CC[C@@H](C)NC(=O)[C@@H](Cc1ccccc1)N(Cc1ccc(Cl)cc1Cl)C(=O)CN(c1ccccc1OC)S(=O)(=O)c1ccc(OC)cc1. The van der Waals surface area contributed by atoms with Crippen molar-refractivity contribution in [3.05, 3.63) is 118 Å². The van der Waals surface area contributed by atoms with E-state index in [-0.39, 0.29) is 41.2 Å². The number of sulfonamides is 1. The number of carbonyl (C=O) groups excluding carboxylic acids is 2. The number of methoxy groups -OCH3 is 2. The number of benzene rings is 4. The van der Waals surface area contributed by atoms with Crippen LogP contribution < -0.4 is 19.1 Å². The van der Waals surface area contributed by atoms with E-state index in [4.69, 9.17) is 32.7 Å². The number of hydrogen-bond acceptors (Lipinski definition) is 6. The molecule has 12 heteroatoms. The standard InChI is InChI=1S/C36H39Cl2N3O6S/c1-5-25(2)39-36(43)33(21-26-11-7-6-8-12-26)40(23-27-15-16-28(37)22-31(27)38)35(42)24-41(32-13-9-10-14-34(32)47-4)48(44,45)30-19-17-29(46-3)18-20-30/h6-20,22,25,33H,5,21,23-24H2,1-4H3,(H,39,43)/t25-,33-/m1/s1. The van der Waals surface area contributed by atoms with Crippen LogP contribution in [0.3, 0.4) is 0 Å². The van der Waals surface area contributed by atoms with Gasteiger partial charge in [0.2, 0.25) is 11.8 Å². The van der Waals surface area contributed by atoms with Crippen LogP contribution in [0, 0.1) is 0 Å². The number of rotatable bonds is 15. The first-order valence-electron chi connectivity index (χ1n) is 15.4. The van der Waals surface area contributed by atoms with Crippen LogP contribution in [-0.2, 0) is 32.6 Å². The summed E-state index contributed by atoms with van der Waals surface area (Å²) >= 11 is 12.8. The van der Waals surface area contributed by atoms with E-state index in [9.17, 15) is 18.0 Å². The molecule has 0 radical (unpaired) electrons. The summed E-state index contributed by atoms with van der Waals surface area (Å²) < 4.78 is 40.4. The second-order valence-electron chi connectivity index (χ2n) is 11.1. The Morgan fingerprint density at radius 3 is 2.17 bits per heavy atom. The number of para-hydroxylation sites is 2. The summed E-state index contributed by atoms with van der Waals surface area (Å²) in [6.07, 6.45) is 0.836. The summed E-state index contributed by atoms with van der Waals surface area (Å²) in [7, 11) is -1.45. The zero-order chi connectivity index (χ0) is 34.8. The largest absolute Gasteiger partial charge is 0.497 e. The van der Waals surface area contributed by atoms with Crippen molar-refractivity contribution >= 4 is 50.7 Å². The molecule has 0 fully saturated rings. The van der Waals surface area contributed by atoms with E-state index in [0.29, 0.717) is 27.8 Å². The molecule has 2 atom stereocenters. The van der Waals surface area contributed by atoms with Crippen molar-refractivity contribution in [1.29, 1.82) is 0 Å². The van der Waals surface area contributed by atoms with Crippen LogP contribution in [0.2, 0.25) is 10.0 Å². The Balaban J connectivity index is 1.85. The van der Waals surface area contributed by atoms with Crippen molar-refractivity contribution in [3.63, 3.8) is 0 Å². The van der Waals surface area contributed by atoms with E-state index >= 15 is 0 Å². The van der Waals surface area contributed by atoms with E-state index in [2.05, 4.69) is 5.32 Å². The maximum absolute atomic E-state index is 14.7. The van der Waals surface area contributed by atoms with Gasteiger partial charge in [0.15, 0.2) is 0 Å². The Kier molecular flexibility index (Phi) is 12.7. The van der Waals surface area contributed by atoms with Crippen molar-refractivity contribution in [1.82, 2.24) is 10.2 Å². The number of nitrogens with zero attached hydrogens (tertiary/aromatic N) is 2. The van der Waals surface area contributed by atoms with E-state index in [1.165, 1.54) is 43.4 Å². The van der Waals surface area contributed by atoms with Crippen molar-refractivity contribution in [2.45, 2.75) is 50.2 Å². The van der Waals surface area contributed by atoms with E-state index in [1.807, 2.05) is 44.2 Å². The highest BCUT2D eigenvalue weighted by Gasteiger charge is 2.36. The molecule has 0 unspecified atom stereocenters. The number of ether oxygens (including phenoxy) is 2. The van der Waals surface area contributed by atoms with E-state index in [1.54, 1.807) is 42.5 Å². The fraction of sp³-hybridized carbons (Fsp3) is 0.278. The Morgan fingerprint density at radius 1 is 0.875 bits per heavy atom. The molecule has 1 N–H and O–H groups in total. The fourth-order valence-electron chi connectivity index (χ4n) is 5.05. The Hall–Kier alpha value is -4.25. The number of carbonyl (C=O) groups is 2. The summed E-state index contributed by atoms with van der Waals surface area (Å²) in [5.41, 5.74) is 1.50. The summed E-state index contributed by atoms with van der Waals surface area (Å²) in [5.74, 6) is -0.307. The molecule has 0 aliphatic heterocycles. The lowest BCUT2D eigenvalue weighted by Crippen LogP contribution is -2.54. The minimum absolute atomic E-state index is 0.0651. The van der Waals surface area contributed by atoms with Gasteiger partial charge < -0.3 is 19.7 Å². The molecule has 2 amide bonds. The first-order chi connectivity index (χ1) is 23.0. The lowest BCUT2D eigenvalue weighted by molar-refractivity contribution is -0.140. The van der Waals surface area contributed by atoms with Crippen LogP contribution in [0.15, 0.2) is 102 Å². The van der Waals surface area contributed by atoms with E-state index < -0.39 is 28.5 Å². The van der Waals surface area contributed by atoms with Crippen LogP contribution in [0.25, 0.3) is 0 Å². The highest BCUT2D eigenvalue weighted by molar-refractivity contribution is 7.92.